The van der Waals surface area contributed by atoms with Gasteiger partial charge in [0.05, 0.1) is 24.1 Å². The van der Waals surface area contributed by atoms with Crippen molar-refractivity contribution in [3.63, 3.8) is 0 Å². The van der Waals surface area contributed by atoms with E-state index in [1.165, 1.54) is 12.1 Å². The van der Waals surface area contributed by atoms with E-state index in [1.54, 1.807) is 26.6 Å². The second-order valence-corrected chi connectivity index (χ2v) is 12.0. The van der Waals surface area contributed by atoms with Crippen LogP contribution in [0.1, 0.15) is 56.1 Å². The first kappa shape index (κ1) is 28.3. The van der Waals surface area contributed by atoms with Crippen molar-refractivity contribution in [2.45, 2.75) is 64.7 Å². The zero-order valence-electron chi connectivity index (χ0n) is 23.5. The van der Waals surface area contributed by atoms with E-state index in [4.69, 9.17) is 5.73 Å². The number of carbonyl (C=O) groups is 4. The van der Waals surface area contributed by atoms with Crippen molar-refractivity contribution in [1.29, 1.82) is 0 Å². The molecule has 11 heteroatoms. The van der Waals surface area contributed by atoms with Crippen LogP contribution in [0, 0.1) is 11.2 Å². The lowest BCUT2D eigenvalue weighted by Gasteiger charge is -2.39. The first-order valence-corrected chi connectivity index (χ1v) is 13.8. The van der Waals surface area contributed by atoms with E-state index < -0.39 is 23.3 Å². The maximum Gasteiger partial charge on any atom is 0.273 e. The number of nitrogens with two attached hydrogens (primary N) is 1. The average molecular weight is 563 g/mol. The molecule has 0 aliphatic carbocycles. The minimum atomic E-state index is -0.825. The van der Waals surface area contributed by atoms with Gasteiger partial charge >= 0.3 is 0 Å². The smallest absolute Gasteiger partial charge is 0.273 e. The molecular formula is C30H35FN6O4. The molecule has 2 fully saturated rings. The van der Waals surface area contributed by atoms with Gasteiger partial charge in [-0.1, -0.05) is 51.1 Å². The molecule has 2 bridgehead atoms. The highest BCUT2D eigenvalue weighted by Gasteiger charge is 2.49. The normalized spacial score (nSPS) is 19.0. The number of primary amides is 1. The predicted molar refractivity (Wildman–Crippen MR) is 150 cm³/mol. The van der Waals surface area contributed by atoms with Gasteiger partial charge < -0.3 is 20.9 Å². The summed E-state index contributed by atoms with van der Waals surface area (Å²) in [5, 5.41) is 8.22. The van der Waals surface area contributed by atoms with Crippen LogP contribution in [0.3, 0.4) is 0 Å². The highest BCUT2D eigenvalue weighted by Crippen LogP contribution is 2.34. The van der Waals surface area contributed by atoms with Crippen LogP contribution >= 0.6 is 0 Å². The average Bonchev–Trinajstić information content (AvgIpc) is 3.64. The number of benzene rings is 2. The van der Waals surface area contributed by atoms with Crippen molar-refractivity contribution in [1.82, 2.24) is 24.9 Å². The van der Waals surface area contributed by atoms with Crippen molar-refractivity contribution < 1.29 is 23.6 Å². The first-order chi connectivity index (χ1) is 19.4. The molecule has 0 unspecified atom stereocenters. The molecule has 2 saturated heterocycles. The van der Waals surface area contributed by atoms with Gasteiger partial charge in [-0.05, 0) is 35.6 Å². The molecule has 4 amide bonds. The fourth-order valence-electron chi connectivity index (χ4n) is 5.81. The summed E-state index contributed by atoms with van der Waals surface area (Å²) in [4.78, 5) is 54.7. The van der Waals surface area contributed by atoms with Crippen LogP contribution in [0.5, 0.6) is 0 Å². The molecule has 216 valence electrons. The number of aromatic nitrogens is 2. The van der Waals surface area contributed by atoms with Gasteiger partial charge in [-0.15, -0.1) is 0 Å². The number of nitrogens with zero attached hydrogens (tertiary/aromatic N) is 4. The van der Waals surface area contributed by atoms with E-state index in [0.717, 1.165) is 11.1 Å². The fourth-order valence-corrected chi connectivity index (χ4v) is 5.81. The molecule has 1 aromatic heterocycles. The van der Waals surface area contributed by atoms with Gasteiger partial charge in [-0.25, -0.2) is 4.39 Å². The molecule has 3 aromatic rings. The van der Waals surface area contributed by atoms with E-state index >= 15 is 0 Å². The molecule has 0 spiro atoms. The van der Waals surface area contributed by atoms with Crippen molar-refractivity contribution >= 4 is 34.5 Å². The molecule has 10 nitrogen and oxygen atoms in total. The molecule has 3 heterocycles. The molecule has 2 aliphatic heterocycles. The summed E-state index contributed by atoms with van der Waals surface area (Å²) in [6.45, 7) is 6.82. The molecule has 2 aliphatic rings. The maximum atomic E-state index is 13.9. The van der Waals surface area contributed by atoms with Crippen LogP contribution in [0.15, 0.2) is 48.5 Å². The Morgan fingerprint density at radius 1 is 1.00 bits per heavy atom. The minimum Gasteiger partial charge on any atom is -0.370 e. The van der Waals surface area contributed by atoms with Crippen LogP contribution in [0.4, 0.5) is 4.39 Å². The minimum absolute atomic E-state index is 0.00182. The molecular weight excluding hydrogens is 527 g/mol. The molecule has 3 atom stereocenters. The van der Waals surface area contributed by atoms with Gasteiger partial charge in [-0.3, -0.25) is 23.9 Å². The monoisotopic (exact) mass is 562 g/mol. The van der Waals surface area contributed by atoms with Crippen molar-refractivity contribution in [2.24, 2.45) is 11.1 Å². The lowest BCUT2D eigenvalue weighted by molar-refractivity contribution is -0.142. The summed E-state index contributed by atoms with van der Waals surface area (Å²) in [5.41, 5.74) is 6.38. The Bertz CT molecular complexity index is 1490. The molecule has 5 rings (SSSR count). The van der Waals surface area contributed by atoms with Crippen molar-refractivity contribution in [3.8, 4) is 0 Å². The quantitative estimate of drug-likeness (QED) is 0.436. The number of hydrogen-bond donors (Lipinski definition) is 2. The van der Waals surface area contributed by atoms with Crippen LogP contribution in [0.2, 0.25) is 0 Å². The van der Waals surface area contributed by atoms with Gasteiger partial charge in [0, 0.05) is 31.3 Å². The Morgan fingerprint density at radius 2 is 1.66 bits per heavy atom. The third kappa shape index (κ3) is 5.79. The maximum absolute atomic E-state index is 13.9. The van der Waals surface area contributed by atoms with Crippen LogP contribution in [0.25, 0.3) is 10.9 Å². The third-order valence-corrected chi connectivity index (χ3v) is 7.94. The first-order valence-electron chi connectivity index (χ1n) is 13.8. The van der Waals surface area contributed by atoms with Crippen molar-refractivity contribution in [2.75, 3.05) is 13.1 Å². The number of hydrogen-bond acceptors (Lipinski definition) is 5. The second kappa shape index (κ2) is 10.9. The van der Waals surface area contributed by atoms with Crippen LogP contribution in [-0.2, 0) is 20.9 Å². The molecule has 3 N–H and O–H groups in total. The highest BCUT2D eigenvalue weighted by molar-refractivity contribution is 6.06. The number of para-hydroxylation sites is 1. The number of carbonyl (C=O) groups excluding carboxylic acids is 4. The number of piperazine rings is 1. The molecule has 0 radical (unpaired) electrons. The fraction of sp³-hybridized carbons (Fsp3) is 0.433. The van der Waals surface area contributed by atoms with Gasteiger partial charge in [0.15, 0.2) is 5.69 Å². The molecule has 0 saturated carbocycles. The third-order valence-electron chi connectivity index (χ3n) is 7.94. The summed E-state index contributed by atoms with van der Waals surface area (Å²) in [6, 6.07) is 12.4. The largest absolute Gasteiger partial charge is 0.370 e. The zero-order chi connectivity index (χ0) is 29.5. The number of halogens is 1. The number of rotatable bonds is 8. The van der Waals surface area contributed by atoms with E-state index in [-0.39, 0.29) is 48.3 Å². The van der Waals surface area contributed by atoms with Gasteiger partial charge in [0.1, 0.15) is 11.9 Å². The highest BCUT2D eigenvalue weighted by atomic mass is 19.1. The predicted octanol–water partition coefficient (Wildman–Crippen LogP) is 2.45. The summed E-state index contributed by atoms with van der Waals surface area (Å²) in [5.74, 6) is -1.63. The van der Waals surface area contributed by atoms with Gasteiger partial charge in [0.25, 0.3) is 5.91 Å². The Balaban J connectivity index is 1.33. The zero-order valence-corrected chi connectivity index (χ0v) is 23.5. The topological polar surface area (TPSA) is 131 Å². The summed E-state index contributed by atoms with van der Waals surface area (Å²) in [6.07, 6.45) is 0.730. The van der Waals surface area contributed by atoms with E-state index in [1.807, 2.05) is 45.0 Å². The van der Waals surface area contributed by atoms with Crippen LogP contribution < -0.4 is 11.1 Å². The summed E-state index contributed by atoms with van der Waals surface area (Å²) in [7, 11) is 0. The molecule has 41 heavy (non-hydrogen) atoms. The van der Waals surface area contributed by atoms with Crippen molar-refractivity contribution in [3.05, 3.63) is 65.6 Å². The SMILES string of the molecule is CC(C)(C)[C@H](NC(=O)c1nn(Cc2ccc(F)cc2)c2ccccc12)C(=O)N1C[C@@H]2C[C@H]1CN2C(=O)CCC(N)=O. The lowest BCUT2D eigenvalue weighted by Crippen LogP contribution is -2.59. The summed E-state index contributed by atoms with van der Waals surface area (Å²) >= 11 is 0. The Hall–Kier alpha value is -4.28. The molecule has 2 aromatic carbocycles. The van der Waals surface area contributed by atoms with E-state index in [2.05, 4.69) is 10.4 Å². The van der Waals surface area contributed by atoms with E-state index in [9.17, 15) is 23.6 Å². The Kier molecular flexibility index (Phi) is 7.54. The summed E-state index contributed by atoms with van der Waals surface area (Å²) < 4.78 is 15.1. The number of fused-ring (bicyclic) bond motifs is 3. The van der Waals surface area contributed by atoms with E-state index in [0.29, 0.717) is 31.4 Å². The van der Waals surface area contributed by atoms with Crippen LogP contribution in [-0.4, -0.2) is 74.4 Å². The Morgan fingerprint density at radius 3 is 2.29 bits per heavy atom. The number of nitrogens with one attached hydrogen (secondary N) is 1. The second-order valence-electron chi connectivity index (χ2n) is 12.0. The van der Waals surface area contributed by atoms with Gasteiger partial charge in [0.2, 0.25) is 17.7 Å². The van der Waals surface area contributed by atoms with Gasteiger partial charge in [-0.2, -0.15) is 5.10 Å². The number of likely N-dealkylation sites (tertiary alicyclic amines) is 2. The standard InChI is InChI=1S/C30H35FN6O4/c1-30(2,3)27(29(41)36-17-20-14-21(36)16-35(20)25(39)13-12-24(32)38)33-28(40)26-22-6-4-5-7-23(22)37(34-26)15-18-8-10-19(31)11-9-18/h4-11,20-21,27H,12-17H2,1-3H3,(H2,32,38)(H,33,40)/t20-,21-,27+/m0/s1. The Labute approximate surface area is 237 Å². The number of amides is 4. The lowest BCUT2D eigenvalue weighted by atomic mass is 9.85.